The topological polar surface area (TPSA) is 65.2 Å². The number of ether oxygens (including phenoxy) is 1. The average molecular weight is 340 g/mol. The fourth-order valence-corrected chi connectivity index (χ4v) is 2.92. The Labute approximate surface area is 150 Å². The molecule has 2 aromatic rings. The molecule has 0 fully saturated rings. The van der Waals surface area contributed by atoms with Gasteiger partial charge in [-0.15, -0.1) is 0 Å². The molecule has 1 aromatic carbocycles. The number of esters is 1. The van der Waals surface area contributed by atoms with Crippen molar-refractivity contribution in [1.29, 1.82) is 0 Å². The normalized spacial score (nSPS) is 14.2. The van der Waals surface area contributed by atoms with Gasteiger partial charge in [0, 0.05) is 11.8 Å². The first-order valence-electron chi connectivity index (χ1n) is 8.64. The van der Waals surface area contributed by atoms with Crippen molar-refractivity contribution in [3.8, 4) is 11.3 Å². The smallest absolute Gasteiger partial charge is 0.331 e. The van der Waals surface area contributed by atoms with Crippen molar-refractivity contribution in [1.82, 2.24) is 4.98 Å². The van der Waals surface area contributed by atoms with E-state index in [1.54, 1.807) is 6.20 Å². The Morgan fingerprint density at radius 2 is 1.76 bits per heavy atom. The quantitative estimate of drug-likeness (QED) is 0.825. The van der Waals surface area contributed by atoms with Crippen LogP contribution in [-0.4, -0.2) is 17.1 Å². The number of pyridine rings is 1. The van der Waals surface area contributed by atoms with Gasteiger partial charge in [0.15, 0.2) is 0 Å². The standard InChI is InChI=1S/C21H28N2O2/c1-15(2)25-19(24)21(22,14-20(3,4)5)17-11-9-16(10-12-17)18-8-6-7-13-23-18/h6-13,15H,14,22H2,1-5H3. The van der Waals surface area contributed by atoms with Crippen molar-refractivity contribution in [2.75, 3.05) is 0 Å². The van der Waals surface area contributed by atoms with Crippen LogP contribution in [0.4, 0.5) is 0 Å². The second kappa shape index (κ2) is 7.36. The third-order valence-corrected chi connectivity index (χ3v) is 3.88. The molecule has 0 aliphatic rings. The summed E-state index contributed by atoms with van der Waals surface area (Å²) in [5, 5.41) is 0. The molecule has 1 heterocycles. The van der Waals surface area contributed by atoms with Gasteiger partial charge in [0.1, 0.15) is 5.54 Å². The van der Waals surface area contributed by atoms with Gasteiger partial charge in [-0.25, -0.2) is 4.79 Å². The molecule has 0 amide bonds. The van der Waals surface area contributed by atoms with E-state index in [1.807, 2.05) is 56.3 Å². The van der Waals surface area contributed by atoms with Crippen molar-refractivity contribution in [3.63, 3.8) is 0 Å². The van der Waals surface area contributed by atoms with Gasteiger partial charge in [-0.05, 0) is 43.4 Å². The van der Waals surface area contributed by atoms with Gasteiger partial charge in [0.25, 0.3) is 0 Å². The van der Waals surface area contributed by atoms with Crippen molar-refractivity contribution >= 4 is 5.97 Å². The largest absolute Gasteiger partial charge is 0.461 e. The lowest BCUT2D eigenvalue weighted by Gasteiger charge is -2.34. The van der Waals surface area contributed by atoms with Crippen molar-refractivity contribution in [3.05, 3.63) is 54.2 Å². The van der Waals surface area contributed by atoms with Crippen LogP contribution in [0.2, 0.25) is 0 Å². The summed E-state index contributed by atoms with van der Waals surface area (Å²) >= 11 is 0. The second-order valence-electron chi connectivity index (χ2n) is 7.96. The lowest BCUT2D eigenvalue weighted by molar-refractivity contribution is -0.156. The summed E-state index contributed by atoms with van der Waals surface area (Å²) < 4.78 is 5.45. The van der Waals surface area contributed by atoms with Crippen LogP contribution in [0.5, 0.6) is 0 Å². The lowest BCUT2D eigenvalue weighted by Crippen LogP contribution is -2.49. The fraction of sp³-hybridized carbons (Fsp3) is 0.429. The first-order chi connectivity index (χ1) is 11.6. The minimum Gasteiger partial charge on any atom is -0.461 e. The molecule has 1 aromatic heterocycles. The minimum atomic E-state index is -1.18. The van der Waals surface area contributed by atoms with Crippen LogP contribution < -0.4 is 5.73 Å². The van der Waals surface area contributed by atoms with E-state index in [-0.39, 0.29) is 17.5 Å². The molecule has 0 saturated heterocycles. The van der Waals surface area contributed by atoms with Gasteiger partial charge >= 0.3 is 5.97 Å². The highest BCUT2D eigenvalue weighted by molar-refractivity contribution is 5.83. The Kier molecular flexibility index (Phi) is 5.63. The van der Waals surface area contributed by atoms with Crippen LogP contribution in [0.25, 0.3) is 11.3 Å². The summed E-state index contributed by atoms with van der Waals surface area (Å²) in [5.74, 6) is -0.386. The first-order valence-corrected chi connectivity index (χ1v) is 8.64. The molecular formula is C21H28N2O2. The molecule has 0 aliphatic carbocycles. The summed E-state index contributed by atoms with van der Waals surface area (Å²) in [5.41, 5.74) is 7.93. The van der Waals surface area contributed by atoms with Crippen LogP contribution in [0, 0.1) is 5.41 Å². The van der Waals surface area contributed by atoms with Crippen LogP contribution >= 0.6 is 0 Å². The molecule has 2 rings (SSSR count). The van der Waals surface area contributed by atoms with Crippen LogP contribution in [-0.2, 0) is 15.1 Å². The van der Waals surface area contributed by atoms with E-state index in [0.29, 0.717) is 6.42 Å². The van der Waals surface area contributed by atoms with Gasteiger partial charge in [0.2, 0.25) is 0 Å². The van der Waals surface area contributed by atoms with Crippen LogP contribution in [0.15, 0.2) is 48.7 Å². The highest BCUT2D eigenvalue weighted by Gasteiger charge is 2.41. The predicted molar refractivity (Wildman–Crippen MR) is 101 cm³/mol. The Morgan fingerprint density at radius 1 is 1.12 bits per heavy atom. The van der Waals surface area contributed by atoms with E-state index in [1.165, 1.54) is 0 Å². The molecule has 134 valence electrons. The average Bonchev–Trinajstić information content (AvgIpc) is 2.53. The van der Waals surface area contributed by atoms with Crippen molar-refractivity contribution in [2.45, 2.75) is 52.7 Å². The number of aromatic nitrogens is 1. The van der Waals surface area contributed by atoms with Gasteiger partial charge < -0.3 is 10.5 Å². The second-order valence-corrected chi connectivity index (χ2v) is 7.96. The van der Waals surface area contributed by atoms with E-state index >= 15 is 0 Å². The molecule has 1 unspecified atom stereocenters. The zero-order chi connectivity index (χ0) is 18.7. The van der Waals surface area contributed by atoms with E-state index in [0.717, 1.165) is 16.8 Å². The molecule has 0 saturated carbocycles. The number of rotatable bonds is 5. The van der Waals surface area contributed by atoms with E-state index in [4.69, 9.17) is 10.5 Å². The number of benzene rings is 1. The molecule has 2 N–H and O–H groups in total. The Balaban J connectivity index is 2.38. The van der Waals surface area contributed by atoms with Gasteiger partial charge in [-0.1, -0.05) is 51.1 Å². The number of carbonyl (C=O) groups excluding carboxylic acids is 1. The summed E-state index contributed by atoms with van der Waals surface area (Å²) in [6, 6.07) is 13.5. The maximum atomic E-state index is 12.7. The Bertz CT molecular complexity index is 703. The number of hydrogen-bond donors (Lipinski definition) is 1. The first kappa shape index (κ1) is 19.1. The third-order valence-electron chi connectivity index (χ3n) is 3.88. The zero-order valence-corrected chi connectivity index (χ0v) is 15.7. The van der Waals surface area contributed by atoms with E-state index in [2.05, 4.69) is 25.8 Å². The van der Waals surface area contributed by atoms with E-state index in [9.17, 15) is 4.79 Å². The molecule has 0 radical (unpaired) electrons. The van der Waals surface area contributed by atoms with Crippen LogP contribution in [0.3, 0.4) is 0 Å². The highest BCUT2D eigenvalue weighted by atomic mass is 16.5. The zero-order valence-electron chi connectivity index (χ0n) is 15.7. The Hall–Kier alpha value is -2.20. The summed E-state index contributed by atoms with van der Waals surface area (Å²) in [4.78, 5) is 17.1. The monoisotopic (exact) mass is 340 g/mol. The highest BCUT2D eigenvalue weighted by Crippen LogP contribution is 2.35. The molecule has 0 bridgehead atoms. The summed E-state index contributed by atoms with van der Waals surface area (Å²) in [6.45, 7) is 9.87. The third kappa shape index (κ3) is 4.89. The van der Waals surface area contributed by atoms with Crippen molar-refractivity contribution < 1.29 is 9.53 Å². The van der Waals surface area contributed by atoms with Crippen molar-refractivity contribution in [2.24, 2.45) is 11.1 Å². The maximum absolute atomic E-state index is 12.7. The summed E-state index contributed by atoms with van der Waals surface area (Å²) in [7, 11) is 0. The van der Waals surface area contributed by atoms with Crippen LogP contribution in [0.1, 0.15) is 46.6 Å². The molecule has 0 spiro atoms. The molecule has 4 nitrogen and oxygen atoms in total. The SMILES string of the molecule is CC(C)OC(=O)C(N)(CC(C)(C)C)c1ccc(-c2ccccn2)cc1. The molecule has 25 heavy (non-hydrogen) atoms. The van der Waals surface area contributed by atoms with Gasteiger partial charge in [-0.2, -0.15) is 0 Å². The van der Waals surface area contributed by atoms with Gasteiger partial charge in [0.05, 0.1) is 11.8 Å². The minimum absolute atomic E-state index is 0.121. The molecule has 1 atom stereocenters. The lowest BCUT2D eigenvalue weighted by atomic mass is 9.76. The molecule has 0 aliphatic heterocycles. The predicted octanol–water partition coefficient (Wildman–Crippen LogP) is 4.29. The number of hydrogen-bond acceptors (Lipinski definition) is 4. The maximum Gasteiger partial charge on any atom is 0.331 e. The van der Waals surface area contributed by atoms with Gasteiger partial charge in [-0.3, -0.25) is 4.98 Å². The molecular weight excluding hydrogens is 312 g/mol. The summed E-state index contributed by atoms with van der Waals surface area (Å²) in [6.07, 6.45) is 2.05. The van der Waals surface area contributed by atoms with E-state index < -0.39 is 5.54 Å². The fourth-order valence-electron chi connectivity index (χ4n) is 2.92. The molecule has 4 heteroatoms. The number of nitrogens with two attached hydrogens (primary N) is 1. The Morgan fingerprint density at radius 3 is 2.24 bits per heavy atom. The number of nitrogens with zero attached hydrogens (tertiary/aromatic N) is 1. The number of carbonyl (C=O) groups is 1.